The first-order chi connectivity index (χ1) is 9.24. The van der Waals surface area contributed by atoms with Crippen LogP contribution in [0.3, 0.4) is 0 Å². The number of hydrogen-bond donors (Lipinski definition) is 5. The first-order valence-electron chi connectivity index (χ1n) is 5.65. The standard InChI is InChI=1S/C9H14N5O5P/c1-4(19-3-20(16,17)18)2-5-11-6-7(12-5)13-9(10)14-8(6)15/h4H,2-3H2,1H3,(H2,16,17,18)(H4,10,11,12,13,14,15)/t4-/m1/s1. The van der Waals surface area contributed by atoms with E-state index in [0.29, 0.717) is 5.82 Å². The van der Waals surface area contributed by atoms with Crippen molar-refractivity contribution in [2.75, 3.05) is 12.1 Å². The lowest BCUT2D eigenvalue weighted by Crippen LogP contribution is -2.13. The topological polar surface area (TPSA) is 167 Å². The third kappa shape index (κ3) is 3.64. The molecule has 0 unspecified atom stereocenters. The van der Waals surface area contributed by atoms with Gasteiger partial charge in [0.2, 0.25) is 5.95 Å². The van der Waals surface area contributed by atoms with Gasteiger partial charge in [0.15, 0.2) is 11.2 Å². The van der Waals surface area contributed by atoms with Gasteiger partial charge in [-0.2, -0.15) is 4.98 Å². The Morgan fingerprint density at radius 2 is 2.10 bits per heavy atom. The number of fused-ring (bicyclic) bond motifs is 1. The highest BCUT2D eigenvalue weighted by Crippen LogP contribution is 2.34. The fraction of sp³-hybridized carbons (Fsp3) is 0.444. The Morgan fingerprint density at radius 3 is 2.75 bits per heavy atom. The maximum atomic E-state index is 11.6. The van der Waals surface area contributed by atoms with E-state index < -0.39 is 25.6 Å². The number of anilines is 1. The van der Waals surface area contributed by atoms with Crippen LogP contribution in [0.25, 0.3) is 11.2 Å². The lowest BCUT2D eigenvalue weighted by Gasteiger charge is -2.11. The lowest BCUT2D eigenvalue weighted by atomic mass is 10.3. The van der Waals surface area contributed by atoms with Gasteiger partial charge in [-0.05, 0) is 6.92 Å². The predicted molar refractivity (Wildman–Crippen MR) is 70.1 cm³/mol. The zero-order valence-corrected chi connectivity index (χ0v) is 11.4. The number of imidazole rings is 1. The molecule has 0 aliphatic rings. The van der Waals surface area contributed by atoms with Crippen molar-refractivity contribution in [3.8, 4) is 0 Å². The highest BCUT2D eigenvalue weighted by atomic mass is 31.2. The number of aromatic nitrogens is 4. The van der Waals surface area contributed by atoms with Crippen LogP contribution in [0.15, 0.2) is 4.79 Å². The van der Waals surface area contributed by atoms with Crippen molar-refractivity contribution < 1.29 is 19.1 Å². The zero-order valence-electron chi connectivity index (χ0n) is 10.5. The first-order valence-corrected chi connectivity index (χ1v) is 7.45. The fourth-order valence-corrected chi connectivity index (χ4v) is 2.07. The molecule has 0 fully saturated rings. The van der Waals surface area contributed by atoms with Gasteiger partial charge in [0.25, 0.3) is 5.56 Å². The molecular weight excluding hydrogens is 289 g/mol. The summed E-state index contributed by atoms with van der Waals surface area (Å²) < 4.78 is 15.7. The van der Waals surface area contributed by atoms with E-state index in [-0.39, 0.29) is 23.5 Å². The van der Waals surface area contributed by atoms with E-state index in [4.69, 9.17) is 20.3 Å². The van der Waals surface area contributed by atoms with Crippen molar-refractivity contribution in [1.82, 2.24) is 19.9 Å². The average Bonchev–Trinajstić information content (AvgIpc) is 2.68. The number of nitrogens with one attached hydrogen (secondary N) is 2. The molecule has 0 aromatic carbocycles. The molecule has 6 N–H and O–H groups in total. The van der Waals surface area contributed by atoms with Crippen molar-refractivity contribution >= 4 is 24.7 Å². The molecule has 2 aromatic heterocycles. The molecule has 1 atom stereocenters. The molecule has 0 amide bonds. The minimum atomic E-state index is -4.20. The van der Waals surface area contributed by atoms with E-state index in [1.54, 1.807) is 6.92 Å². The number of nitrogens with two attached hydrogens (primary N) is 1. The summed E-state index contributed by atoms with van der Waals surface area (Å²) in [6, 6.07) is 0. The zero-order chi connectivity index (χ0) is 14.9. The average molecular weight is 303 g/mol. The van der Waals surface area contributed by atoms with Gasteiger partial charge in [-0.3, -0.25) is 14.3 Å². The fourth-order valence-electron chi connectivity index (χ4n) is 1.62. The van der Waals surface area contributed by atoms with E-state index in [2.05, 4.69) is 19.9 Å². The molecule has 0 radical (unpaired) electrons. The Hall–Kier alpha value is -1.74. The van der Waals surface area contributed by atoms with Crippen LogP contribution in [0, 0.1) is 0 Å². The summed E-state index contributed by atoms with van der Waals surface area (Å²) in [7, 11) is -4.20. The van der Waals surface area contributed by atoms with Crippen LogP contribution in [0.1, 0.15) is 12.7 Å². The van der Waals surface area contributed by atoms with Gasteiger partial charge in [-0.15, -0.1) is 0 Å². The van der Waals surface area contributed by atoms with Gasteiger partial charge in [0.1, 0.15) is 12.2 Å². The molecule has 0 aliphatic carbocycles. The van der Waals surface area contributed by atoms with Gasteiger partial charge in [0.05, 0.1) is 6.10 Å². The van der Waals surface area contributed by atoms with Crippen LogP contribution < -0.4 is 11.3 Å². The Kier molecular flexibility index (Phi) is 3.91. The van der Waals surface area contributed by atoms with Crippen molar-refractivity contribution in [1.29, 1.82) is 0 Å². The van der Waals surface area contributed by atoms with Crippen LogP contribution in [-0.2, 0) is 15.7 Å². The van der Waals surface area contributed by atoms with Crippen molar-refractivity contribution in [3.05, 3.63) is 16.2 Å². The number of aromatic amines is 2. The summed E-state index contributed by atoms with van der Waals surface area (Å²) in [5.74, 6) is 0.383. The summed E-state index contributed by atoms with van der Waals surface area (Å²) in [5.41, 5.74) is 5.34. The third-order valence-electron chi connectivity index (χ3n) is 2.44. The number of nitrogen functional groups attached to an aromatic ring is 1. The van der Waals surface area contributed by atoms with E-state index in [1.165, 1.54) is 0 Å². The monoisotopic (exact) mass is 303 g/mol. The molecule has 0 saturated heterocycles. The largest absolute Gasteiger partial charge is 0.369 e. The maximum Gasteiger partial charge on any atom is 0.350 e. The molecule has 2 rings (SSSR count). The number of hydrogen-bond acceptors (Lipinski definition) is 6. The summed E-state index contributed by atoms with van der Waals surface area (Å²) in [6.07, 6.45) is -0.907. The smallest absolute Gasteiger partial charge is 0.350 e. The van der Waals surface area contributed by atoms with Crippen LogP contribution >= 0.6 is 7.60 Å². The second-order valence-electron chi connectivity index (χ2n) is 4.31. The lowest BCUT2D eigenvalue weighted by molar-refractivity contribution is 0.0874. The number of rotatable bonds is 5. The molecule has 0 saturated carbocycles. The number of H-pyrrole nitrogens is 2. The first kappa shape index (κ1) is 14.7. The van der Waals surface area contributed by atoms with Gasteiger partial charge in [-0.25, -0.2) is 4.98 Å². The maximum absolute atomic E-state index is 11.6. The molecular formula is C9H14N5O5P. The molecule has 110 valence electrons. The minimum absolute atomic E-state index is 0.0358. The van der Waals surface area contributed by atoms with E-state index in [0.717, 1.165) is 0 Å². The molecule has 2 heterocycles. The van der Waals surface area contributed by atoms with Gasteiger partial charge < -0.3 is 25.2 Å². The summed E-state index contributed by atoms with van der Waals surface area (Å²) >= 11 is 0. The Balaban J connectivity index is 2.12. The van der Waals surface area contributed by atoms with Crippen LogP contribution in [-0.4, -0.2) is 42.2 Å². The molecule has 0 bridgehead atoms. The summed E-state index contributed by atoms with van der Waals surface area (Å²) in [6.45, 7) is 1.63. The SMILES string of the molecule is C[C@H](Cc1nc2nc(N)[nH]c(=O)c2[nH]1)OCP(=O)(O)O. The van der Waals surface area contributed by atoms with E-state index in [9.17, 15) is 9.36 Å². The highest BCUT2D eigenvalue weighted by molar-refractivity contribution is 7.51. The van der Waals surface area contributed by atoms with Gasteiger partial charge >= 0.3 is 7.60 Å². The molecule has 2 aromatic rings. The Labute approximate surface area is 112 Å². The number of nitrogens with zero attached hydrogens (tertiary/aromatic N) is 2. The molecule has 10 nitrogen and oxygen atoms in total. The normalized spacial score (nSPS) is 13.8. The summed E-state index contributed by atoms with van der Waals surface area (Å²) in [4.78, 5) is 42.0. The summed E-state index contributed by atoms with van der Waals surface area (Å²) in [5, 5.41) is 0. The van der Waals surface area contributed by atoms with Crippen molar-refractivity contribution in [3.63, 3.8) is 0 Å². The molecule has 20 heavy (non-hydrogen) atoms. The van der Waals surface area contributed by atoms with E-state index >= 15 is 0 Å². The molecule has 0 aliphatic heterocycles. The third-order valence-corrected chi connectivity index (χ3v) is 2.92. The predicted octanol–water partition coefficient (Wildman–Crippen LogP) is -0.689. The second-order valence-corrected chi connectivity index (χ2v) is 5.90. The Bertz CT molecular complexity index is 719. The Morgan fingerprint density at radius 1 is 1.40 bits per heavy atom. The number of ether oxygens (including phenoxy) is 1. The van der Waals surface area contributed by atoms with Gasteiger partial charge in [-0.1, -0.05) is 0 Å². The molecule has 11 heteroatoms. The molecule has 0 spiro atoms. The van der Waals surface area contributed by atoms with E-state index in [1.807, 2.05) is 0 Å². The van der Waals surface area contributed by atoms with Crippen LogP contribution in [0.5, 0.6) is 0 Å². The quantitative estimate of drug-likeness (QED) is 0.452. The van der Waals surface area contributed by atoms with Crippen LogP contribution in [0.4, 0.5) is 5.95 Å². The van der Waals surface area contributed by atoms with Crippen molar-refractivity contribution in [2.45, 2.75) is 19.4 Å². The minimum Gasteiger partial charge on any atom is -0.369 e. The highest BCUT2D eigenvalue weighted by Gasteiger charge is 2.17. The van der Waals surface area contributed by atoms with Crippen LogP contribution in [0.2, 0.25) is 0 Å². The van der Waals surface area contributed by atoms with Crippen molar-refractivity contribution in [2.24, 2.45) is 0 Å². The second kappa shape index (κ2) is 5.33. The van der Waals surface area contributed by atoms with Gasteiger partial charge in [0, 0.05) is 6.42 Å².